The molecule has 3 N–H and O–H groups in total. The van der Waals surface area contributed by atoms with Gasteiger partial charge >= 0.3 is 0 Å². The summed E-state index contributed by atoms with van der Waals surface area (Å²) in [6, 6.07) is 0. The zero-order valence-corrected chi connectivity index (χ0v) is 20.8. The molecule has 31 heavy (non-hydrogen) atoms. The number of rotatable bonds is 24. The largest absolute Gasteiger partial charge is 0.385 e. The van der Waals surface area contributed by atoms with Gasteiger partial charge in [0.2, 0.25) is 0 Å². The summed E-state index contributed by atoms with van der Waals surface area (Å²) in [5, 5.41) is 10.4. The third-order valence-electron chi connectivity index (χ3n) is 6.43. The molecule has 2 unspecified atom stereocenters. The lowest BCUT2D eigenvalue weighted by Gasteiger charge is -2.19. The van der Waals surface area contributed by atoms with E-state index < -0.39 is 12.0 Å². The molecule has 0 bridgehead atoms. The van der Waals surface area contributed by atoms with Crippen molar-refractivity contribution in [1.82, 2.24) is 0 Å². The van der Waals surface area contributed by atoms with Crippen LogP contribution in [-0.2, 0) is 9.59 Å². The number of carbonyl (C=O) groups excluding carboxylic acids is 2. The Labute approximate surface area is 193 Å². The summed E-state index contributed by atoms with van der Waals surface area (Å²) in [7, 11) is 0. The Hall–Kier alpha value is -0.740. The number of Topliss-reactive ketones (excluding diaryl/α,β-unsaturated/α-hetero) is 2. The highest BCUT2D eigenvalue weighted by molar-refractivity contribution is 5.91. The number of aliphatic hydroxyl groups is 1. The first-order valence-electron chi connectivity index (χ1n) is 13.5. The van der Waals surface area contributed by atoms with Crippen LogP contribution in [-0.4, -0.2) is 29.3 Å². The number of hydrogen-bond acceptors (Lipinski definition) is 4. The molecular weight excluding hydrogens is 386 g/mol. The lowest BCUT2D eigenvalue weighted by molar-refractivity contribution is -0.137. The van der Waals surface area contributed by atoms with Gasteiger partial charge in [0.1, 0.15) is 11.9 Å². The van der Waals surface area contributed by atoms with Crippen LogP contribution in [0, 0.1) is 5.92 Å². The molecule has 2 atom stereocenters. The maximum atomic E-state index is 12.5. The van der Waals surface area contributed by atoms with E-state index in [0.717, 1.165) is 38.5 Å². The third kappa shape index (κ3) is 17.5. The van der Waals surface area contributed by atoms with Gasteiger partial charge in [-0.3, -0.25) is 9.59 Å². The van der Waals surface area contributed by atoms with Crippen molar-refractivity contribution in [3.8, 4) is 0 Å². The van der Waals surface area contributed by atoms with E-state index >= 15 is 0 Å². The average molecular weight is 440 g/mol. The molecule has 0 saturated heterocycles. The second-order valence-corrected chi connectivity index (χ2v) is 9.38. The van der Waals surface area contributed by atoms with Crippen molar-refractivity contribution in [2.45, 2.75) is 148 Å². The normalized spacial score (nSPS) is 13.3. The number of ketones is 2. The first-order valence-corrected chi connectivity index (χ1v) is 13.5. The van der Waals surface area contributed by atoms with Crippen molar-refractivity contribution in [3.63, 3.8) is 0 Å². The molecule has 0 rings (SSSR count). The first-order chi connectivity index (χ1) is 15.1. The van der Waals surface area contributed by atoms with Crippen LogP contribution in [0.3, 0.4) is 0 Å². The summed E-state index contributed by atoms with van der Waals surface area (Å²) in [4.78, 5) is 24.8. The fourth-order valence-corrected chi connectivity index (χ4v) is 4.21. The van der Waals surface area contributed by atoms with E-state index in [2.05, 4.69) is 13.8 Å². The number of aliphatic hydroxyl groups excluding tert-OH is 1. The Bertz CT molecular complexity index is 425. The number of hydrogen-bond donors (Lipinski definition) is 2. The topological polar surface area (TPSA) is 80.4 Å². The summed E-state index contributed by atoms with van der Waals surface area (Å²) < 4.78 is 0. The highest BCUT2D eigenvalue weighted by Gasteiger charge is 2.29. The maximum absolute atomic E-state index is 12.5. The summed E-state index contributed by atoms with van der Waals surface area (Å²) >= 11 is 0. The van der Waals surface area contributed by atoms with Gasteiger partial charge in [-0.15, -0.1) is 0 Å². The fourth-order valence-electron chi connectivity index (χ4n) is 4.21. The zero-order chi connectivity index (χ0) is 23.2. The Kier molecular flexibility index (Phi) is 21.9. The predicted octanol–water partition coefficient (Wildman–Crippen LogP) is 6.90. The first kappa shape index (κ1) is 30.3. The van der Waals surface area contributed by atoms with Gasteiger partial charge in [0.05, 0.1) is 5.92 Å². The van der Waals surface area contributed by atoms with E-state index in [-0.39, 0.29) is 18.1 Å². The van der Waals surface area contributed by atoms with E-state index in [1.165, 1.54) is 77.0 Å². The van der Waals surface area contributed by atoms with E-state index in [9.17, 15) is 14.7 Å². The molecule has 0 amide bonds. The van der Waals surface area contributed by atoms with Crippen molar-refractivity contribution < 1.29 is 14.7 Å². The molecule has 0 aromatic carbocycles. The minimum Gasteiger partial charge on any atom is -0.385 e. The fraction of sp³-hybridized carbons (Fsp3) is 0.926. The molecule has 0 aliphatic heterocycles. The Morgan fingerprint density at radius 1 is 0.581 bits per heavy atom. The van der Waals surface area contributed by atoms with Crippen molar-refractivity contribution in [3.05, 3.63) is 0 Å². The summed E-state index contributed by atoms with van der Waals surface area (Å²) in [5.74, 6) is -0.975. The van der Waals surface area contributed by atoms with E-state index in [0.29, 0.717) is 12.8 Å². The molecule has 0 fully saturated rings. The number of nitrogens with two attached hydrogens (primary N) is 1. The Morgan fingerprint density at radius 2 is 0.903 bits per heavy atom. The summed E-state index contributed by atoms with van der Waals surface area (Å²) in [5.41, 5.74) is 5.73. The van der Waals surface area contributed by atoms with Crippen LogP contribution in [0.25, 0.3) is 0 Å². The van der Waals surface area contributed by atoms with Gasteiger partial charge in [-0.05, 0) is 12.8 Å². The molecular formula is C27H53NO3. The smallest absolute Gasteiger partial charge is 0.162 e. The molecule has 4 nitrogen and oxygen atoms in total. The third-order valence-corrected chi connectivity index (χ3v) is 6.43. The average Bonchev–Trinajstić information content (AvgIpc) is 2.77. The number of unbranched alkanes of at least 4 members (excludes halogenated alkanes) is 16. The molecule has 0 aliphatic carbocycles. The molecule has 0 spiro atoms. The Morgan fingerprint density at radius 3 is 1.26 bits per heavy atom. The molecule has 0 heterocycles. The van der Waals surface area contributed by atoms with Crippen LogP contribution < -0.4 is 5.73 Å². The van der Waals surface area contributed by atoms with Crippen LogP contribution in [0.5, 0.6) is 0 Å². The molecule has 4 heteroatoms. The predicted molar refractivity (Wildman–Crippen MR) is 132 cm³/mol. The summed E-state index contributed by atoms with van der Waals surface area (Å²) in [6.45, 7) is 4.51. The highest BCUT2D eigenvalue weighted by atomic mass is 16.3. The molecule has 0 aromatic heterocycles. The number of carbonyl (C=O) groups is 2. The van der Waals surface area contributed by atoms with Crippen molar-refractivity contribution in [1.29, 1.82) is 0 Å². The molecule has 0 radical (unpaired) electrons. The maximum Gasteiger partial charge on any atom is 0.162 e. The second-order valence-electron chi connectivity index (χ2n) is 9.38. The Balaban J connectivity index is 3.85. The van der Waals surface area contributed by atoms with Crippen molar-refractivity contribution >= 4 is 11.6 Å². The van der Waals surface area contributed by atoms with Gasteiger partial charge in [-0.1, -0.05) is 117 Å². The highest BCUT2D eigenvalue weighted by Crippen LogP contribution is 2.16. The SMILES string of the molecule is CCCCCCCCCCCC(=O)C(O)C(CN)C(=O)CCCCCCCCCCC. The van der Waals surface area contributed by atoms with E-state index in [1.54, 1.807) is 0 Å². The monoisotopic (exact) mass is 439 g/mol. The van der Waals surface area contributed by atoms with Crippen LogP contribution >= 0.6 is 0 Å². The molecule has 184 valence electrons. The zero-order valence-electron chi connectivity index (χ0n) is 20.8. The van der Waals surface area contributed by atoms with Gasteiger partial charge in [-0.25, -0.2) is 0 Å². The minimum atomic E-state index is -1.22. The minimum absolute atomic E-state index is 0.0432. The van der Waals surface area contributed by atoms with Gasteiger partial charge in [0.25, 0.3) is 0 Å². The lowest BCUT2D eigenvalue weighted by atomic mass is 9.89. The van der Waals surface area contributed by atoms with Crippen molar-refractivity contribution in [2.75, 3.05) is 6.54 Å². The summed E-state index contributed by atoms with van der Waals surface area (Å²) in [6.07, 6.45) is 21.1. The molecule has 0 aromatic rings. The lowest BCUT2D eigenvalue weighted by Crippen LogP contribution is -2.39. The molecule has 0 aliphatic rings. The van der Waals surface area contributed by atoms with Gasteiger partial charge in [0.15, 0.2) is 5.78 Å². The van der Waals surface area contributed by atoms with Gasteiger partial charge < -0.3 is 10.8 Å². The van der Waals surface area contributed by atoms with E-state index in [4.69, 9.17) is 5.73 Å². The standard InChI is InChI=1S/C27H53NO3/c1-3-5-7-9-11-13-15-17-19-21-25(29)24(23-28)27(31)26(30)22-20-18-16-14-12-10-8-6-4-2/h24,27,31H,3-23,28H2,1-2H3. The van der Waals surface area contributed by atoms with Crippen molar-refractivity contribution in [2.24, 2.45) is 11.7 Å². The van der Waals surface area contributed by atoms with Crippen LogP contribution in [0.2, 0.25) is 0 Å². The van der Waals surface area contributed by atoms with Crippen LogP contribution in [0.1, 0.15) is 142 Å². The van der Waals surface area contributed by atoms with Crippen LogP contribution in [0.4, 0.5) is 0 Å². The quantitative estimate of drug-likeness (QED) is 0.160. The second kappa shape index (κ2) is 22.5. The van der Waals surface area contributed by atoms with Gasteiger partial charge in [-0.2, -0.15) is 0 Å². The van der Waals surface area contributed by atoms with Crippen LogP contribution in [0.15, 0.2) is 0 Å². The van der Waals surface area contributed by atoms with E-state index in [1.807, 2.05) is 0 Å². The molecule has 0 saturated carbocycles. The van der Waals surface area contributed by atoms with Gasteiger partial charge in [0, 0.05) is 19.4 Å².